The van der Waals surface area contributed by atoms with Gasteiger partial charge >= 0.3 is 5.97 Å². The van der Waals surface area contributed by atoms with E-state index in [0.29, 0.717) is 5.56 Å². The summed E-state index contributed by atoms with van der Waals surface area (Å²) in [7, 11) is 0. The number of benzene rings is 2. The number of hydrogen-bond acceptors (Lipinski definition) is 4. The molecule has 0 unspecified atom stereocenters. The van der Waals surface area contributed by atoms with Crippen molar-refractivity contribution < 1.29 is 18.7 Å². The smallest absolute Gasteiger partial charge is 0.339 e. The van der Waals surface area contributed by atoms with Gasteiger partial charge in [-0.2, -0.15) is 0 Å². The van der Waals surface area contributed by atoms with Crippen LogP contribution in [0.1, 0.15) is 41.4 Å². The molecule has 1 heterocycles. The number of halogens is 1. The molecule has 1 aromatic heterocycles. The Labute approximate surface area is 167 Å². The van der Waals surface area contributed by atoms with Crippen molar-refractivity contribution in [2.75, 3.05) is 5.32 Å². The maximum Gasteiger partial charge on any atom is 0.339 e. The lowest BCUT2D eigenvalue weighted by atomic mass is 9.90. The standard InChI is InChI=1S/C23H21FN2O3/c1-14(22(27)26-20-13-7-4-10-17(20)24)29-23(28)21-15-8-2-5-11-18(15)25-19-12-6-3-9-16(19)21/h2,4-5,7-8,10-11,13-14H,3,6,9,12H2,1H3,(H,26,27)/t14-/m0/s1. The van der Waals surface area contributed by atoms with Crippen LogP contribution >= 0.6 is 0 Å². The third kappa shape index (κ3) is 3.83. The Morgan fingerprint density at radius 2 is 1.79 bits per heavy atom. The number of esters is 1. The molecule has 1 N–H and O–H groups in total. The van der Waals surface area contributed by atoms with Crippen LogP contribution in [0.2, 0.25) is 0 Å². The predicted octanol–water partition coefficient (Wildman–Crippen LogP) is 4.44. The Hall–Kier alpha value is -3.28. The first kappa shape index (κ1) is 19.1. The number of carbonyl (C=O) groups excluding carboxylic acids is 2. The number of ether oxygens (including phenoxy) is 1. The molecule has 148 valence electrons. The molecule has 3 aromatic rings. The predicted molar refractivity (Wildman–Crippen MR) is 108 cm³/mol. The van der Waals surface area contributed by atoms with Gasteiger partial charge in [0, 0.05) is 11.1 Å². The Balaban J connectivity index is 1.60. The summed E-state index contributed by atoms with van der Waals surface area (Å²) in [4.78, 5) is 30.2. The van der Waals surface area contributed by atoms with Gasteiger partial charge in [0.05, 0.1) is 16.8 Å². The highest BCUT2D eigenvalue weighted by atomic mass is 19.1. The van der Waals surface area contributed by atoms with Crippen molar-refractivity contribution in [3.8, 4) is 0 Å². The number of aryl methyl sites for hydroxylation is 1. The Morgan fingerprint density at radius 3 is 2.62 bits per heavy atom. The second-order valence-electron chi connectivity index (χ2n) is 7.15. The van der Waals surface area contributed by atoms with E-state index in [1.54, 1.807) is 6.07 Å². The third-order valence-electron chi connectivity index (χ3n) is 5.16. The average Bonchev–Trinajstić information content (AvgIpc) is 2.73. The summed E-state index contributed by atoms with van der Waals surface area (Å²) >= 11 is 0. The van der Waals surface area contributed by atoms with Crippen LogP contribution < -0.4 is 5.32 Å². The first-order chi connectivity index (χ1) is 14.0. The van der Waals surface area contributed by atoms with Crippen molar-refractivity contribution >= 4 is 28.5 Å². The van der Waals surface area contributed by atoms with Crippen LogP contribution in [0.5, 0.6) is 0 Å². The zero-order chi connectivity index (χ0) is 20.4. The molecule has 2 aromatic carbocycles. The second-order valence-corrected chi connectivity index (χ2v) is 7.15. The molecule has 5 nitrogen and oxygen atoms in total. The minimum atomic E-state index is -1.08. The second kappa shape index (κ2) is 7.99. The number of hydrogen-bond donors (Lipinski definition) is 1. The van der Waals surface area contributed by atoms with E-state index in [-0.39, 0.29) is 5.69 Å². The lowest BCUT2D eigenvalue weighted by Gasteiger charge is -2.21. The number of rotatable bonds is 4. The molecule has 1 amide bonds. The Morgan fingerprint density at radius 1 is 1.07 bits per heavy atom. The minimum absolute atomic E-state index is 0.0483. The number of aromatic nitrogens is 1. The van der Waals surface area contributed by atoms with Crippen LogP contribution in [-0.4, -0.2) is 23.0 Å². The fourth-order valence-electron chi connectivity index (χ4n) is 3.68. The monoisotopic (exact) mass is 392 g/mol. The molecule has 0 saturated carbocycles. The van der Waals surface area contributed by atoms with Crippen LogP contribution in [0.3, 0.4) is 0 Å². The number of para-hydroxylation sites is 2. The number of pyridine rings is 1. The molecule has 4 rings (SSSR count). The van der Waals surface area contributed by atoms with Crippen LogP contribution in [0, 0.1) is 5.82 Å². The fraction of sp³-hybridized carbons (Fsp3) is 0.261. The number of amides is 1. The fourth-order valence-corrected chi connectivity index (χ4v) is 3.68. The Kier molecular flexibility index (Phi) is 5.25. The number of fused-ring (bicyclic) bond motifs is 2. The molecule has 0 fully saturated rings. The van der Waals surface area contributed by atoms with Crippen molar-refractivity contribution in [2.24, 2.45) is 0 Å². The van der Waals surface area contributed by atoms with Gasteiger partial charge in [-0.25, -0.2) is 9.18 Å². The number of nitrogens with one attached hydrogen (secondary N) is 1. The maximum absolute atomic E-state index is 13.8. The highest BCUT2D eigenvalue weighted by Crippen LogP contribution is 2.30. The molecular weight excluding hydrogens is 371 g/mol. The lowest BCUT2D eigenvalue weighted by Crippen LogP contribution is -2.31. The Bertz CT molecular complexity index is 1100. The third-order valence-corrected chi connectivity index (χ3v) is 5.16. The largest absolute Gasteiger partial charge is 0.449 e. The van der Waals surface area contributed by atoms with Crippen molar-refractivity contribution in [1.82, 2.24) is 4.98 Å². The summed E-state index contributed by atoms with van der Waals surface area (Å²) < 4.78 is 19.3. The highest BCUT2D eigenvalue weighted by Gasteiger charge is 2.26. The zero-order valence-corrected chi connectivity index (χ0v) is 16.1. The quantitative estimate of drug-likeness (QED) is 0.667. The van der Waals surface area contributed by atoms with Crippen LogP contribution in [0.25, 0.3) is 10.9 Å². The lowest BCUT2D eigenvalue weighted by molar-refractivity contribution is -0.123. The summed E-state index contributed by atoms with van der Waals surface area (Å²) in [5.41, 5.74) is 3.10. The molecule has 1 aliphatic rings. The van der Waals surface area contributed by atoms with E-state index in [2.05, 4.69) is 5.32 Å². The maximum atomic E-state index is 13.8. The molecular formula is C23H21FN2O3. The molecule has 1 aliphatic carbocycles. The van der Waals surface area contributed by atoms with E-state index in [9.17, 15) is 14.0 Å². The van der Waals surface area contributed by atoms with Crippen molar-refractivity contribution in [3.05, 3.63) is 71.2 Å². The van der Waals surface area contributed by atoms with Gasteiger partial charge < -0.3 is 10.1 Å². The molecule has 0 bridgehead atoms. The topological polar surface area (TPSA) is 68.3 Å². The van der Waals surface area contributed by atoms with Gasteiger partial charge in [0.2, 0.25) is 0 Å². The van der Waals surface area contributed by atoms with Gasteiger partial charge in [0.25, 0.3) is 5.91 Å². The summed E-state index contributed by atoms with van der Waals surface area (Å²) in [6, 6.07) is 13.3. The molecule has 0 saturated heterocycles. The molecule has 0 aliphatic heterocycles. The van der Waals surface area contributed by atoms with Crippen LogP contribution in [0.4, 0.5) is 10.1 Å². The normalized spacial score (nSPS) is 14.1. The molecule has 1 atom stereocenters. The van der Waals surface area contributed by atoms with E-state index in [0.717, 1.165) is 47.8 Å². The summed E-state index contributed by atoms with van der Waals surface area (Å²) in [6.45, 7) is 1.48. The van der Waals surface area contributed by atoms with Gasteiger partial charge in [-0.1, -0.05) is 30.3 Å². The van der Waals surface area contributed by atoms with Gasteiger partial charge in [-0.05, 0) is 56.4 Å². The zero-order valence-electron chi connectivity index (χ0n) is 16.1. The number of carbonyl (C=O) groups is 2. The SMILES string of the molecule is C[C@H](OC(=O)c1c2c(nc3ccccc13)CCCC2)C(=O)Nc1ccccc1F. The van der Waals surface area contributed by atoms with E-state index >= 15 is 0 Å². The van der Waals surface area contributed by atoms with Gasteiger partial charge in [0.15, 0.2) is 6.10 Å². The van der Waals surface area contributed by atoms with E-state index in [1.807, 2.05) is 24.3 Å². The van der Waals surface area contributed by atoms with Crippen LogP contribution in [0.15, 0.2) is 48.5 Å². The van der Waals surface area contributed by atoms with Crippen LogP contribution in [-0.2, 0) is 22.4 Å². The van der Waals surface area contributed by atoms with Gasteiger partial charge in [-0.15, -0.1) is 0 Å². The van der Waals surface area contributed by atoms with E-state index in [1.165, 1.54) is 25.1 Å². The first-order valence-corrected chi connectivity index (χ1v) is 9.71. The van der Waals surface area contributed by atoms with Crippen molar-refractivity contribution in [1.29, 1.82) is 0 Å². The summed E-state index contributed by atoms with van der Waals surface area (Å²) in [6.07, 6.45) is 2.52. The van der Waals surface area contributed by atoms with E-state index in [4.69, 9.17) is 9.72 Å². The number of nitrogens with zero attached hydrogens (tertiary/aromatic N) is 1. The molecule has 29 heavy (non-hydrogen) atoms. The summed E-state index contributed by atoms with van der Waals surface area (Å²) in [5, 5.41) is 3.18. The summed E-state index contributed by atoms with van der Waals surface area (Å²) in [5.74, 6) is -1.69. The van der Waals surface area contributed by atoms with E-state index < -0.39 is 23.8 Å². The first-order valence-electron chi connectivity index (χ1n) is 9.71. The number of anilines is 1. The average molecular weight is 392 g/mol. The minimum Gasteiger partial charge on any atom is -0.449 e. The van der Waals surface area contributed by atoms with Gasteiger partial charge in [-0.3, -0.25) is 9.78 Å². The molecule has 0 radical (unpaired) electrons. The highest BCUT2D eigenvalue weighted by molar-refractivity contribution is 6.06. The van der Waals surface area contributed by atoms with Crippen molar-refractivity contribution in [3.63, 3.8) is 0 Å². The molecule has 0 spiro atoms. The van der Waals surface area contributed by atoms with Gasteiger partial charge in [0.1, 0.15) is 5.82 Å². The van der Waals surface area contributed by atoms with Crippen molar-refractivity contribution in [2.45, 2.75) is 38.7 Å². The molecule has 6 heteroatoms.